The molecule has 54 valence electrons. The second kappa shape index (κ2) is 2.93. The van der Waals surface area contributed by atoms with E-state index < -0.39 is 0 Å². The highest BCUT2D eigenvalue weighted by atomic mass is 32.2. The molecule has 1 fully saturated rings. The molecule has 0 bridgehead atoms. The predicted molar refractivity (Wildman–Crippen MR) is 43.6 cm³/mol. The summed E-state index contributed by atoms with van der Waals surface area (Å²) in [5.41, 5.74) is 5.91. The van der Waals surface area contributed by atoms with Crippen molar-refractivity contribution < 1.29 is 0 Å². The van der Waals surface area contributed by atoms with E-state index in [1.807, 2.05) is 11.8 Å². The van der Waals surface area contributed by atoms with Crippen LogP contribution in [0, 0.1) is 11.8 Å². The second-order valence-electron chi connectivity index (χ2n) is 3.07. The quantitative estimate of drug-likeness (QED) is 0.556. The molecule has 1 heterocycles. The molecule has 0 aromatic heterocycles. The Morgan fingerprint density at radius 2 is 1.67 bits per heavy atom. The van der Waals surface area contributed by atoms with Gasteiger partial charge >= 0.3 is 0 Å². The molecule has 0 spiro atoms. The van der Waals surface area contributed by atoms with Crippen LogP contribution in [0.1, 0.15) is 13.8 Å². The molecule has 2 atom stereocenters. The molecule has 0 aromatic carbocycles. The van der Waals surface area contributed by atoms with Crippen LogP contribution in [0.5, 0.6) is 0 Å². The van der Waals surface area contributed by atoms with Gasteiger partial charge in [0.05, 0.1) is 0 Å². The van der Waals surface area contributed by atoms with Crippen LogP contribution >= 0.6 is 11.8 Å². The summed E-state index contributed by atoms with van der Waals surface area (Å²) in [6.45, 7) is 4.49. The average Bonchev–Trinajstić information content (AvgIpc) is 1.83. The van der Waals surface area contributed by atoms with Crippen molar-refractivity contribution in [3.8, 4) is 0 Å². The lowest BCUT2D eigenvalue weighted by molar-refractivity contribution is 0.384. The van der Waals surface area contributed by atoms with Crippen LogP contribution < -0.4 is 5.73 Å². The first-order valence-electron chi connectivity index (χ1n) is 3.55. The van der Waals surface area contributed by atoms with E-state index in [0.717, 1.165) is 11.8 Å². The minimum absolute atomic E-state index is 0.450. The fourth-order valence-corrected chi connectivity index (χ4v) is 2.55. The van der Waals surface area contributed by atoms with E-state index in [2.05, 4.69) is 13.8 Å². The zero-order valence-electron chi connectivity index (χ0n) is 6.13. The summed E-state index contributed by atoms with van der Waals surface area (Å²) in [6.07, 6.45) is 0. The number of thioether (sulfide) groups is 1. The van der Waals surface area contributed by atoms with Crippen LogP contribution in [0.25, 0.3) is 0 Å². The summed E-state index contributed by atoms with van der Waals surface area (Å²) < 4.78 is 0. The van der Waals surface area contributed by atoms with Crippen LogP contribution in [0.15, 0.2) is 0 Å². The summed E-state index contributed by atoms with van der Waals surface area (Å²) in [7, 11) is 0. The zero-order chi connectivity index (χ0) is 6.85. The number of rotatable bonds is 0. The van der Waals surface area contributed by atoms with Crippen LogP contribution in [0.4, 0.5) is 0 Å². The third kappa shape index (κ3) is 1.62. The normalized spacial score (nSPS) is 39.0. The molecular weight excluding hydrogens is 130 g/mol. The van der Waals surface area contributed by atoms with E-state index in [1.165, 1.54) is 11.5 Å². The largest absolute Gasteiger partial charge is 0.327 e. The summed E-state index contributed by atoms with van der Waals surface area (Å²) in [4.78, 5) is 0. The first-order valence-corrected chi connectivity index (χ1v) is 4.70. The molecule has 0 saturated carbocycles. The van der Waals surface area contributed by atoms with E-state index in [0.29, 0.717) is 6.04 Å². The van der Waals surface area contributed by atoms with Crippen molar-refractivity contribution in [2.45, 2.75) is 19.9 Å². The van der Waals surface area contributed by atoms with Gasteiger partial charge in [0, 0.05) is 6.04 Å². The van der Waals surface area contributed by atoms with E-state index in [-0.39, 0.29) is 0 Å². The van der Waals surface area contributed by atoms with Crippen LogP contribution in [-0.2, 0) is 0 Å². The molecule has 0 aliphatic carbocycles. The van der Waals surface area contributed by atoms with Gasteiger partial charge in [-0.3, -0.25) is 0 Å². The van der Waals surface area contributed by atoms with Crippen molar-refractivity contribution in [3.63, 3.8) is 0 Å². The monoisotopic (exact) mass is 145 g/mol. The van der Waals surface area contributed by atoms with Crippen molar-refractivity contribution in [1.82, 2.24) is 0 Å². The second-order valence-corrected chi connectivity index (χ2v) is 4.14. The smallest absolute Gasteiger partial charge is 0.0106 e. The van der Waals surface area contributed by atoms with Gasteiger partial charge in [-0.1, -0.05) is 13.8 Å². The highest BCUT2D eigenvalue weighted by Gasteiger charge is 2.23. The van der Waals surface area contributed by atoms with Crippen LogP contribution in [-0.4, -0.2) is 17.5 Å². The molecule has 2 N–H and O–H groups in total. The Hall–Kier alpha value is 0.310. The maximum absolute atomic E-state index is 5.91. The third-order valence-electron chi connectivity index (χ3n) is 2.08. The van der Waals surface area contributed by atoms with Crippen molar-refractivity contribution >= 4 is 11.8 Å². The molecule has 9 heavy (non-hydrogen) atoms. The van der Waals surface area contributed by atoms with E-state index >= 15 is 0 Å². The lowest BCUT2D eigenvalue weighted by Crippen LogP contribution is -2.40. The zero-order valence-corrected chi connectivity index (χ0v) is 6.95. The first-order chi connectivity index (χ1) is 4.22. The molecule has 0 amide bonds. The minimum Gasteiger partial charge on any atom is -0.327 e. The van der Waals surface area contributed by atoms with E-state index in [9.17, 15) is 0 Å². The Morgan fingerprint density at radius 3 is 2.00 bits per heavy atom. The number of hydrogen-bond acceptors (Lipinski definition) is 2. The maximum Gasteiger partial charge on any atom is 0.0106 e. The Morgan fingerprint density at radius 1 is 1.22 bits per heavy atom. The highest BCUT2D eigenvalue weighted by Crippen LogP contribution is 2.25. The van der Waals surface area contributed by atoms with Crippen molar-refractivity contribution in [2.24, 2.45) is 17.6 Å². The molecule has 1 aliphatic rings. The van der Waals surface area contributed by atoms with E-state index in [1.54, 1.807) is 0 Å². The van der Waals surface area contributed by atoms with Gasteiger partial charge in [-0.2, -0.15) is 11.8 Å². The Labute approximate surface area is 61.4 Å². The average molecular weight is 145 g/mol. The standard InChI is InChI=1S/C7H15NS/c1-5-3-9-4-6(2)7(5)8/h5-7H,3-4,8H2,1-2H3/t5-,6-/m0/s1. The number of hydrogen-bond donors (Lipinski definition) is 1. The Kier molecular flexibility index (Phi) is 2.42. The van der Waals surface area contributed by atoms with Gasteiger partial charge in [-0.25, -0.2) is 0 Å². The van der Waals surface area contributed by atoms with Gasteiger partial charge in [0.2, 0.25) is 0 Å². The Bertz CT molecular complexity index is 84.9. The molecule has 1 saturated heterocycles. The SMILES string of the molecule is C[C@H]1CSC[C@H](C)C1N. The molecule has 1 nitrogen and oxygen atoms in total. The third-order valence-corrected chi connectivity index (χ3v) is 3.60. The summed E-state index contributed by atoms with van der Waals surface area (Å²) >= 11 is 2.03. The summed E-state index contributed by atoms with van der Waals surface area (Å²) in [6, 6.07) is 0.450. The molecule has 0 unspecified atom stereocenters. The van der Waals surface area contributed by atoms with Gasteiger partial charge in [0.15, 0.2) is 0 Å². The van der Waals surface area contributed by atoms with Crippen molar-refractivity contribution in [1.29, 1.82) is 0 Å². The molecule has 1 rings (SSSR count). The highest BCUT2D eigenvalue weighted by molar-refractivity contribution is 7.99. The summed E-state index contributed by atoms with van der Waals surface area (Å²) in [5.74, 6) is 3.95. The Balaban J connectivity index is 2.41. The molecule has 0 aromatic rings. The first kappa shape index (κ1) is 7.42. The fourth-order valence-electron chi connectivity index (χ4n) is 1.22. The minimum atomic E-state index is 0.450. The summed E-state index contributed by atoms with van der Waals surface area (Å²) in [5, 5.41) is 0. The van der Waals surface area contributed by atoms with E-state index in [4.69, 9.17) is 5.73 Å². The lowest BCUT2D eigenvalue weighted by atomic mass is 9.94. The topological polar surface area (TPSA) is 26.0 Å². The molecule has 0 radical (unpaired) electrons. The van der Waals surface area contributed by atoms with Gasteiger partial charge in [-0.15, -0.1) is 0 Å². The molecular formula is C7H15NS. The van der Waals surface area contributed by atoms with Gasteiger partial charge in [0.25, 0.3) is 0 Å². The number of nitrogens with two attached hydrogens (primary N) is 1. The van der Waals surface area contributed by atoms with Crippen molar-refractivity contribution in [3.05, 3.63) is 0 Å². The van der Waals surface area contributed by atoms with Gasteiger partial charge in [-0.05, 0) is 23.3 Å². The van der Waals surface area contributed by atoms with Gasteiger partial charge < -0.3 is 5.73 Å². The van der Waals surface area contributed by atoms with Crippen molar-refractivity contribution in [2.75, 3.05) is 11.5 Å². The maximum atomic E-state index is 5.91. The van der Waals surface area contributed by atoms with Gasteiger partial charge in [0.1, 0.15) is 0 Å². The van der Waals surface area contributed by atoms with Crippen LogP contribution in [0.2, 0.25) is 0 Å². The lowest BCUT2D eigenvalue weighted by Gasteiger charge is -2.30. The fraction of sp³-hybridized carbons (Fsp3) is 1.00. The predicted octanol–water partition coefficient (Wildman–Crippen LogP) is 1.33. The van der Waals surface area contributed by atoms with Crippen LogP contribution in [0.3, 0.4) is 0 Å². The molecule has 1 aliphatic heterocycles. The molecule has 2 heteroatoms.